The van der Waals surface area contributed by atoms with Gasteiger partial charge in [0.05, 0.1) is 55.2 Å². The van der Waals surface area contributed by atoms with Crippen LogP contribution in [0.1, 0.15) is 79.0 Å². The van der Waals surface area contributed by atoms with Gasteiger partial charge in [0.15, 0.2) is 0 Å². The number of aromatic hydroxyl groups is 1. The molecule has 73 heavy (non-hydrogen) atoms. The lowest BCUT2D eigenvalue weighted by Gasteiger charge is -2.28. The summed E-state index contributed by atoms with van der Waals surface area (Å²) in [7, 11) is -3.22. The number of benzene rings is 7. The van der Waals surface area contributed by atoms with Gasteiger partial charge in [-0.1, -0.05) is 209 Å². The van der Waals surface area contributed by atoms with Crippen molar-refractivity contribution in [2.24, 2.45) is 0 Å². The molecule has 0 bridgehead atoms. The van der Waals surface area contributed by atoms with Crippen LogP contribution in [0.3, 0.4) is 0 Å². The van der Waals surface area contributed by atoms with Gasteiger partial charge in [-0.3, -0.25) is 9.55 Å². The SMILES string of the molecule is CC(C)(C)c1cc(-c2cc3c(cn2)c2ccccc2n3-c2ccc([Si](C)(C)C)cc2)cc(-c2cccc3c2nc(-c2cc(C(C)(C)C)cc(C(C)(C)C)c2O)n3-c2ccc([Si](C)(C)C)cc2-c2ccccc2)c1. The monoisotopic (exact) mass is 993 g/mol. The maximum atomic E-state index is 12.7. The van der Waals surface area contributed by atoms with Crippen molar-refractivity contribution in [1.82, 2.24) is 19.1 Å². The first-order valence-corrected chi connectivity index (χ1v) is 33.0. The number of phenolic OH excluding ortho intramolecular Hbond substituents is 1. The van der Waals surface area contributed by atoms with E-state index in [1.807, 2.05) is 0 Å². The van der Waals surface area contributed by atoms with Crippen molar-refractivity contribution >= 4 is 59.4 Å². The number of pyridine rings is 1. The predicted octanol–water partition coefficient (Wildman–Crippen LogP) is 16.9. The first kappa shape index (κ1) is 49.8. The van der Waals surface area contributed by atoms with Crippen LogP contribution in [0.15, 0.2) is 158 Å². The van der Waals surface area contributed by atoms with Gasteiger partial charge in [0.1, 0.15) is 11.6 Å². The molecule has 10 rings (SSSR count). The van der Waals surface area contributed by atoms with Gasteiger partial charge in [0.25, 0.3) is 0 Å². The lowest BCUT2D eigenvalue weighted by Crippen LogP contribution is -2.37. The van der Waals surface area contributed by atoms with Crippen LogP contribution in [0.4, 0.5) is 0 Å². The molecule has 5 nitrogen and oxygen atoms in total. The van der Waals surface area contributed by atoms with Gasteiger partial charge >= 0.3 is 0 Å². The molecule has 7 heteroatoms. The van der Waals surface area contributed by atoms with Gasteiger partial charge in [0, 0.05) is 44.9 Å². The first-order chi connectivity index (χ1) is 34.3. The zero-order chi connectivity index (χ0) is 52.2. The molecule has 370 valence electrons. The minimum atomic E-state index is -1.73. The second-order valence-corrected chi connectivity index (χ2v) is 35.7. The molecule has 1 N–H and O–H groups in total. The Labute approximate surface area is 435 Å². The highest BCUT2D eigenvalue weighted by atomic mass is 28.3. The molecule has 0 radical (unpaired) electrons. The van der Waals surface area contributed by atoms with E-state index in [2.05, 4.69) is 269 Å². The highest BCUT2D eigenvalue weighted by Crippen LogP contribution is 2.46. The normalized spacial score (nSPS) is 12.9. The molecule has 3 aromatic heterocycles. The standard InChI is InChI=1S/C66H72N4OSi2/c1-64(2,3)45-35-43(34-44(36-45)56-40-60-54(41-67-56)51-24-19-20-26-57(51)69(60)47-28-30-48(31-29-47)72(10,11)12)50-25-21-27-59-61(50)68-63(53-37-46(65(4,5)6)38-55(62(53)71)66(7,8)9)70(59)58-33-32-49(73(13,14)15)39-52(58)42-22-17-16-18-23-42/h16-41,71H,1-15H3. The third-order valence-electron chi connectivity index (χ3n) is 14.9. The molecule has 7 aromatic carbocycles. The van der Waals surface area contributed by atoms with Gasteiger partial charge in [-0.25, -0.2) is 4.98 Å². The average molecular weight is 994 g/mol. The molecule has 0 unspecified atom stereocenters. The summed E-state index contributed by atoms with van der Waals surface area (Å²) >= 11 is 0. The van der Waals surface area contributed by atoms with Crippen molar-refractivity contribution in [3.8, 4) is 62.0 Å². The number of aromatic nitrogens is 4. The van der Waals surface area contributed by atoms with Gasteiger partial charge in [-0.05, 0) is 93.1 Å². The Morgan fingerprint density at radius 3 is 1.73 bits per heavy atom. The van der Waals surface area contributed by atoms with Crippen LogP contribution >= 0.6 is 0 Å². The number of phenols is 1. The van der Waals surface area contributed by atoms with Crippen molar-refractivity contribution in [2.75, 3.05) is 0 Å². The predicted molar refractivity (Wildman–Crippen MR) is 319 cm³/mol. The second-order valence-electron chi connectivity index (χ2n) is 25.5. The van der Waals surface area contributed by atoms with Crippen LogP contribution in [0, 0.1) is 0 Å². The van der Waals surface area contributed by atoms with Crippen molar-refractivity contribution in [3.05, 3.63) is 175 Å². The number of rotatable bonds is 8. The van der Waals surface area contributed by atoms with Crippen LogP contribution < -0.4 is 10.4 Å². The van der Waals surface area contributed by atoms with E-state index in [0.29, 0.717) is 5.82 Å². The Hall–Kier alpha value is -6.81. The van der Waals surface area contributed by atoms with E-state index in [9.17, 15) is 5.11 Å². The summed E-state index contributed by atoms with van der Waals surface area (Å²) in [4.78, 5) is 11.0. The topological polar surface area (TPSA) is 55.9 Å². The van der Waals surface area contributed by atoms with Gasteiger partial charge in [-0.15, -0.1) is 0 Å². The molecular weight excluding hydrogens is 921 g/mol. The van der Waals surface area contributed by atoms with E-state index >= 15 is 0 Å². The zero-order valence-corrected chi connectivity index (χ0v) is 47.7. The molecule has 0 atom stereocenters. The van der Waals surface area contributed by atoms with Crippen LogP contribution in [-0.4, -0.2) is 40.4 Å². The molecule has 0 saturated heterocycles. The Balaban J connectivity index is 1.25. The maximum Gasteiger partial charge on any atom is 0.149 e. The molecule has 0 amide bonds. The Morgan fingerprint density at radius 1 is 0.452 bits per heavy atom. The highest BCUT2D eigenvalue weighted by Gasteiger charge is 2.30. The minimum absolute atomic E-state index is 0.175. The van der Waals surface area contributed by atoms with Crippen molar-refractivity contribution < 1.29 is 5.11 Å². The first-order valence-electron chi connectivity index (χ1n) is 26.0. The number of imidazole rings is 1. The summed E-state index contributed by atoms with van der Waals surface area (Å²) in [6.45, 7) is 34.6. The summed E-state index contributed by atoms with van der Waals surface area (Å²) in [5.74, 6) is 0.973. The average Bonchev–Trinajstić information content (AvgIpc) is 3.88. The smallest absolute Gasteiger partial charge is 0.149 e. The fraction of sp³-hybridized carbons (Fsp3) is 0.273. The van der Waals surface area contributed by atoms with Crippen LogP contribution in [0.2, 0.25) is 39.3 Å². The molecule has 0 aliphatic rings. The van der Waals surface area contributed by atoms with E-state index in [0.717, 1.165) is 83.5 Å². The largest absolute Gasteiger partial charge is 0.507 e. The molecular formula is C66H72N4OSi2. The third kappa shape index (κ3) is 9.20. The molecule has 0 aliphatic heterocycles. The van der Waals surface area contributed by atoms with E-state index in [1.165, 1.54) is 26.8 Å². The van der Waals surface area contributed by atoms with Crippen LogP contribution in [0.5, 0.6) is 5.75 Å². The summed E-state index contributed by atoms with van der Waals surface area (Å²) in [6, 6.07) is 55.9. The molecule has 0 spiro atoms. The number of nitrogens with zero attached hydrogens (tertiary/aromatic N) is 4. The summed E-state index contributed by atoms with van der Waals surface area (Å²) in [6.07, 6.45) is 2.07. The molecule has 0 aliphatic carbocycles. The number of para-hydroxylation sites is 2. The Kier molecular flexibility index (Phi) is 12.1. The van der Waals surface area contributed by atoms with Crippen LogP contribution in [0.25, 0.3) is 89.1 Å². The van der Waals surface area contributed by atoms with E-state index in [4.69, 9.17) is 9.97 Å². The van der Waals surface area contributed by atoms with Crippen molar-refractivity contribution in [1.29, 1.82) is 0 Å². The molecule has 3 heterocycles. The number of fused-ring (bicyclic) bond motifs is 4. The lowest BCUT2D eigenvalue weighted by atomic mass is 9.79. The number of hydrogen-bond acceptors (Lipinski definition) is 3. The lowest BCUT2D eigenvalue weighted by molar-refractivity contribution is 0.446. The van der Waals surface area contributed by atoms with Crippen LogP contribution in [-0.2, 0) is 16.2 Å². The third-order valence-corrected chi connectivity index (χ3v) is 19.0. The van der Waals surface area contributed by atoms with E-state index in [-0.39, 0.29) is 22.0 Å². The Bertz CT molecular complexity index is 3750. The van der Waals surface area contributed by atoms with Gasteiger partial charge in [0.2, 0.25) is 0 Å². The van der Waals surface area contributed by atoms with E-state index < -0.39 is 16.1 Å². The molecule has 10 aromatic rings. The van der Waals surface area contributed by atoms with Crippen molar-refractivity contribution in [2.45, 2.75) is 118 Å². The zero-order valence-electron chi connectivity index (χ0n) is 45.7. The molecule has 0 saturated carbocycles. The van der Waals surface area contributed by atoms with Gasteiger partial charge in [-0.2, -0.15) is 0 Å². The highest BCUT2D eigenvalue weighted by molar-refractivity contribution is 6.89. The fourth-order valence-electron chi connectivity index (χ4n) is 10.4. The van der Waals surface area contributed by atoms with Gasteiger partial charge < -0.3 is 9.67 Å². The summed E-state index contributed by atoms with van der Waals surface area (Å²) in [5, 5.41) is 17.8. The maximum absolute atomic E-state index is 12.7. The Morgan fingerprint density at radius 2 is 1.07 bits per heavy atom. The number of hydrogen-bond donors (Lipinski definition) is 1. The quantitative estimate of drug-likeness (QED) is 0.154. The minimum Gasteiger partial charge on any atom is -0.507 e. The summed E-state index contributed by atoms with van der Waals surface area (Å²) in [5.41, 5.74) is 15.9. The van der Waals surface area contributed by atoms with Crippen molar-refractivity contribution in [3.63, 3.8) is 0 Å². The molecule has 0 fully saturated rings. The second kappa shape index (κ2) is 17.7. The fourth-order valence-corrected chi connectivity index (χ4v) is 12.7. The van der Waals surface area contributed by atoms with E-state index in [1.54, 1.807) is 0 Å². The summed E-state index contributed by atoms with van der Waals surface area (Å²) < 4.78 is 4.73.